The van der Waals surface area contributed by atoms with Crippen molar-refractivity contribution in [3.63, 3.8) is 0 Å². The van der Waals surface area contributed by atoms with Crippen LogP contribution in [0.15, 0.2) is 41.3 Å². The van der Waals surface area contributed by atoms with Gasteiger partial charge in [-0.2, -0.15) is 0 Å². The number of carbonyl (C=O) groups excluding carboxylic acids is 1. The molecule has 2 aromatic carbocycles. The van der Waals surface area contributed by atoms with Crippen LogP contribution in [0.1, 0.15) is 43.5 Å². The first kappa shape index (κ1) is 24.9. The van der Waals surface area contributed by atoms with Gasteiger partial charge < -0.3 is 19.7 Å². The van der Waals surface area contributed by atoms with Crippen LogP contribution in [-0.2, 0) is 10.0 Å². The average molecular weight is 476 g/mol. The monoisotopic (exact) mass is 475 g/mol. The van der Waals surface area contributed by atoms with E-state index in [1.54, 1.807) is 30.3 Å². The van der Waals surface area contributed by atoms with Crippen LogP contribution in [0.2, 0.25) is 0 Å². The van der Waals surface area contributed by atoms with Crippen molar-refractivity contribution in [2.24, 2.45) is 0 Å². The molecule has 1 aliphatic heterocycles. The number of hydrogen-bond donors (Lipinski definition) is 1. The molecular formula is C24H33N3O5S. The summed E-state index contributed by atoms with van der Waals surface area (Å²) in [5, 5.41) is 2.92. The summed E-state index contributed by atoms with van der Waals surface area (Å²) in [7, 11) is -0.747. The fraction of sp³-hybridized carbons (Fsp3) is 0.458. The van der Waals surface area contributed by atoms with Gasteiger partial charge in [0.15, 0.2) is 0 Å². The van der Waals surface area contributed by atoms with Crippen molar-refractivity contribution in [2.45, 2.75) is 38.0 Å². The van der Waals surface area contributed by atoms with E-state index in [1.807, 2.05) is 13.8 Å². The predicted octanol–water partition coefficient (Wildman–Crippen LogP) is 3.98. The first-order valence-electron chi connectivity index (χ1n) is 11.3. The Balaban J connectivity index is 2.04. The number of nitrogens with one attached hydrogen (secondary N) is 1. The quantitative estimate of drug-likeness (QED) is 0.590. The Morgan fingerprint density at radius 1 is 1.00 bits per heavy atom. The predicted molar refractivity (Wildman–Crippen MR) is 130 cm³/mol. The third kappa shape index (κ3) is 5.78. The first-order chi connectivity index (χ1) is 15.8. The molecule has 33 heavy (non-hydrogen) atoms. The largest absolute Gasteiger partial charge is 0.494 e. The molecule has 1 aliphatic rings. The Morgan fingerprint density at radius 2 is 1.70 bits per heavy atom. The minimum absolute atomic E-state index is 0.0755. The van der Waals surface area contributed by atoms with Gasteiger partial charge in [0.25, 0.3) is 5.91 Å². The molecule has 0 radical (unpaired) electrons. The molecule has 0 aliphatic carbocycles. The van der Waals surface area contributed by atoms with Gasteiger partial charge in [0.2, 0.25) is 10.0 Å². The lowest BCUT2D eigenvalue weighted by Crippen LogP contribution is -2.32. The Bertz CT molecular complexity index is 1080. The van der Waals surface area contributed by atoms with E-state index in [0.717, 1.165) is 42.3 Å². The molecule has 0 unspecified atom stereocenters. The van der Waals surface area contributed by atoms with Crippen LogP contribution in [-0.4, -0.2) is 59.0 Å². The lowest BCUT2D eigenvalue weighted by molar-refractivity contribution is 0.102. The fourth-order valence-corrected chi connectivity index (χ4v) is 4.74. The number of sulfonamides is 1. The van der Waals surface area contributed by atoms with Crippen molar-refractivity contribution in [2.75, 3.05) is 50.6 Å². The molecule has 1 N–H and O–H groups in total. The second-order valence-corrected chi connectivity index (χ2v) is 10.1. The molecule has 0 aromatic heterocycles. The molecule has 3 rings (SSSR count). The Kier molecular flexibility index (Phi) is 8.20. The molecule has 1 saturated heterocycles. The number of rotatable bonds is 9. The number of ether oxygens (including phenoxy) is 2. The molecule has 0 spiro atoms. The Hall–Kier alpha value is -2.78. The summed E-state index contributed by atoms with van der Waals surface area (Å²) < 4.78 is 37.9. The van der Waals surface area contributed by atoms with Crippen LogP contribution in [0.5, 0.6) is 11.5 Å². The number of hydrogen-bond acceptors (Lipinski definition) is 6. The van der Waals surface area contributed by atoms with E-state index in [2.05, 4.69) is 10.2 Å². The molecule has 1 heterocycles. The van der Waals surface area contributed by atoms with Gasteiger partial charge in [-0.05, 0) is 63.4 Å². The third-order valence-electron chi connectivity index (χ3n) is 5.50. The summed E-state index contributed by atoms with van der Waals surface area (Å²) in [5.74, 6) is 0.725. The molecule has 1 fully saturated rings. The standard InChI is InChI=1S/C24H33N3O5S/c1-5-31-18-10-13-23(32-6-2)21(16-18)25-24(28)20-17-19(33(29,30)26(3)4)11-12-22(20)27-14-8-7-9-15-27/h10-13,16-17H,5-9,14-15H2,1-4H3,(H,25,28). The summed E-state index contributed by atoms with van der Waals surface area (Å²) in [6.07, 6.45) is 3.21. The second kappa shape index (κ2) is 10.9. The zero-order chi connectivity index (χ0) is 24.0. The second-order valence-electron chi connectivity index (χ2n) is 7.99. The number of benzene rings is 2. The van der Waals surface area contributed by atoms with Crippen molar-refractivity contribution < 1.29 is 22.7 Å². The lowest BCUT2D eigenvalue weighted by atomic mass is 10.1. The summed E-state index contributed by atoms with van der Waals surface area (Å²) in [6, 6.07) is 10.0. The van der Waals surface area contributed by atoms with Crippen molar-refractivity contribution in [1.82, 2.24) is 4.31 Å². The highest BCUT2D eigenvalue weighted by Gasteiger charge is 2.25. The molecule has 0 saturated carbocycles. The van der Waals surface area contributed by atoms with Gasteiger partial charge in [0, 0.05) is 38.9 Å². The SMILES string of the molecule is CCOc1ccc(OCC)c(NC(=O)c2cc(S(=O)(=O)N(C)C)ccc2N2CCCCC2)c1. The normalized spacial score (nSPS) is 14.3. The van der Waals surface area contributed by atoms with Gasteiger partial charge in [-0.1, -0.05) is 0 Å². The summed E-state index contributed by atoms with van der Waals surface area (Å²) in [5.41, 5.74) is 1.51. The summed E-state index contributed by atoms with van der Waals surface area (Å²) >= 11 is 0. The Labute approximate surface area is 196 Å². The highest BCUT2D eigenvalue weighted by molar-refractivity contribution is 7.89. The van der Waals surface area contributed by atoms with Crippen LogP contribution in [0.4, 0.5) is 11.4 Å². The van der Waals surface area contributed by atoms with Gasteiger partial charge in [0.1, 0.15) is 11.5 Å². The maximum Gasteiger partial charge on any atom is 0.257 e. The van der Waals surface area contributed by atoms with Crippen LogP contribution in [0.3, 0.4) is 0 Å². The molecule has 180 valence electrons. The van der Waals surface area contributed by atoms with Crippen LogP contribution >= 0.6 is 0 Å². The zero-order valence-electron chi connectivity index (χ0n) is 19.8. The zero-order valence-corrected chi connectivity index (χ0v) is 20.6. The molecule has 9 heteroatoms. The van der Waals surface area contributed by atoms with Crippen LogP contribution < -0.4 is 19.7 Å². The molecular weight excluding hydrogens is 442 g/mol. The van der Waals surface area contributed by atoms with E-state index in [4.69, 9.17) is 9.47 Å². The third-order valence-corrected chi connectivity index (χ3v) is 7.31. The summed E-state index contributed by atoms with van der Waals surface area (Å²) in [4.78, 5) is 15.7. The maximum atomic E-state index is 13.5. The highest BCUT2D eigenvalue weighted by Crippen LogP contribution is 2.32. The smallest absolute Gasteiger partial charge is 0.257 e. The number of anilines is 2. The van der Waals surface area contributed by atoms with E-state index in [-0.39, 0.29) is 4.90 Å². The molecule has 1 amide bonds. The molecule has 0 bridgehead atoms. The Morgan fingerprint density at radius 3 is 2.33 bits per heavy atom. The molecule has 0 atom stereocenters. The van der Waals surface area contributed by atoms with E-state index in [0.29, 0.717) is 36.0 Å². The van der Waals surface area contributed by atoms with Gasteiger partial charge in [-0.25, -0.2) is 12.7 Å². The van der Waals surface area contributed by atoms with E-state index in [1.165, 1.54) is 20.2 Å². The lowest BCUT2D eigenvalue weighted by Gasteiger charge is -2.30. The minimum Gasteiger partial charge on any atom is -0.494 e. The summed E-state index contributed by atoms with van der Waals surface area (Å²) in [6.45, 7) is 6.33. The molecule has 8 nitrogen and oxygen atoms in total. The van der Waals surface area contributed by atoms with E-state index >= 15 is 0 Å². The highest BCUT2D eigenvalue weighted by atomic mass is 32.2. The maximum absolute atomic E-state index is 13.5. The van der Waals surface area contributed by atoms with Gasteiger partial charge in [0.05, 0.1) is 29.4 Å². The number of carbonyl (C=O) groups is 1. The van der Waals surface area contributed by atoms with Gasteiger partial charge >= 0.3 is 0 Å². The number of piperidine rings is 1. The molecule has 2 aromatic rings. The van der Waals surface area contributed by atoms with E-state index in [9.17, 15) is 13.2 Å². The minimum atomic E-state index is -3.69. The first-order valence-corrected chi connectivity index (χ1v) is 12.7. The van der Waals surface area contributed by atoms with Crippen molar-refractivity contribution in [3.05, 3.63) is 42.0 Å². The number of nitrogens with zero attached hydrogens (tertiary/aromatic N) is 2. The van der Waals surface area contributed by atoms with Crippen molar-refractivity contribution in [1.29, 1.82) is 0 Å². The average Bonchev–Trinajstić information content (AvgIpc) is 2.81. The van der Waals surface area contributed by atoms with Crippen LogP contribution in [0.25, 0.3) is 0 Å². The van der Waals surface area contributed by atoms with Crippen molar-refractivity contribution >= 4 is 27.3 Å². The van der Waals surface area contributed by atoms with E-state index < -0.39 is 15.9 Å². The van der Waals surface area contributed by atoms with Crippen LogP contribution in [0, 0.1) is 0 Å². The topological polar surface area (TPSA) is 88.2 Å². The van der Waals surface area contributed by atoms with Gasteiger partial charge in [-0.15, -0.1) is 0 Å². The van der Waals surface area contributed by atoms with Gasteiger partial charge in [-0.3, -0.25) is 4.79 Å². The fourth-order valence-electron chi connectivity index (χ4n) is 3.81. The van der Waals surface area contributed by atoms with Crippen molar-refractivity contribution in [3.8, 4) is 11.5 Å². The number of amides is 1.